The first-order chi connectivity index (χ1) is 10.2. The summed E-state index contributed by atoms with van der Waals surface area (Å²) < 4.78 is 18.6. The van der Waals surface area contributed by atoms with Crippen LogP contribution in [0.4, 0.5) is 4.39 Å². The Bertz CT molecular complexity index is 444. The van der Waals surface area contributed by atoms with Gasteiger partial charge in [0.05, 0.1) is 11.6 Å². The largest absolute Gasteiger partial charge is 0.383 e. The fourth-order valence-corrected chi connectivity index (χ4v) is 2.93. The van der Waals surface area contributed by atoms with Crippen molar-refractivity contribution in [1.82, 2.24) is 10.2 Å². The second-order valence-electron chi connectivity index (χ2n) is 5.57. The predicted octanol–water partition coefficient (Wildman–Crippen LogP) is 3.07. The molecule has 1 aromatic carbocycles. The molecule has 2 rings (SSSR count). The van der Waals surface area contributed by atoms with E-state index < -0.39 is 0 Å². The standard InChI is InChI=1S/C16H24ClFN2O/c1-21-9-7-19-11-14-4-2-3-8-20(14)12-13-5-6-15(17)16(18)10-13/h5-6,10,14,19H,2-4,7-9,11-12H2,1H3. The zero-order valence-electron chi connectivity index (χ0n) is 12.6. The van der Waals surface area contributed by atoms with Gasteiger partial charge in [0.1, 0.15) is 5.82 Å². The van der Waals surface area contributed by atoms with Crippen LogP contribution in [0.2, 0.25) is 5.02 Å². The molecule has 1 aromatic rings. The van der Waals surface area contributed by atoms with E-state index >= 15 is 0 Å². The number of halogens is 2. The fourth-order valence-electron chi connectivity index (χ4n) is 2.81. The fraction of sp³-hybridized carbons (Fsp3) is 0.625. The molecule has 118 valence electrons. The number of methoxy groups -OCH3 is 1. The number of nitrogens with one attached hydrogen (secondary N) is 1. The van der Waals surface area contributed by atoms with Gasteiger partial charge in [-0.15, -0.1) is 0 Å². The van der Waals surface area contributed by atoms with Gasteiger partial charge in [0.25, 0.3) is 0 Å². The molecule has 1 aliphatic heterocycles. The molecule has 0 radical (unpaired) electrons. The summed E-state index contributed by atoms with van der Waals surface area (Å²) in [4.78, 5) is 2.44. The maximum absolute atomic E-state index is 13.5. The SMILES string of the molecule is COCCNCC1CCCCN1Cc1ccc(Cl)c(F)c1. The summed E-state index contributed by atoms with van der Waals surface area (Å²) in [6, 6.07) is 5.61. The number of ether oxygens (including phenoxy) is 1. The summed E-state index contributed by atoms with van der Waals surface area (Å²) in [6.45, 7) is 4.41. The number of nitrogens with zero attached hydrogens (tertiary/aromatic N) is 1. The molecule has 0 spiro atoms. The van der Waals surface area contributed by atoms with Gasteiger partial charge in [0.2, 0.25) is 0 Å². The summed E-state index contributed by atoms with van der Waals surface area (Å²) in [5.74, 6) is -0.332. The molecule has 1 saturated heterocycles. The highest BCUT2D eigenvalue weighted by Gasteiger charge is 2.22. The molecule has 5 heteroatoms. The van der Waals surface area contributed by atoms with Crippen LogP contribution in [0.25, 0.3) is 0 Å². The van der Waals surface area contributed by atoms with Gasteiger partial charge in [-0.2, -0.15) is 0 Å². The molecule has 1 unspecified atom stereocenters. The Kier molecular flexibility index (Phi) is 6.90. The molecule has 1 N–H and O–H groups in total. The van der Waals surface area contributed by atoms with Gasteiger partial charge >= 0.3 is 0 Å². The van der Waals surface area contributed by atoms with Crippen LogP contribution in [0, 0.1) is 5.82 Å². The molecule has 1 fully saturated rings. The normalized spacial score (nSPS) is 19.9. The quantitative estimate of drug-likeness (QED) is 0.783. The topological polar surface area (TPSA) is 24.5 Å². The zero-order chi connectivity index (χ0) is 15.1. The van der Waals surface area contributed by atoms with E-state index in [9.17, 15) is 4.39 Å². The monoisotopic (exact) mass is 314 g/mol. The summed E-state index contributed by atoms with van der Waals surface area (Å²) in [5, 5.41) is 3.62. The molecule has 0 aliphatic carbocycles. The molecule has 0 saturated carbocycles. The van der Waals surface area contributed by atoms with Gasteiger partial charge < -0.3 is 10.1 Å². The molecule has 21 heavy (non-hydrogen) atoms. The first-order valence-corrected chi connectivity index (χ1v) is 7.96. The minimum atomic E-state index is -0.332. The third-order valence-electron chi connectivity index (χ3n) is 3.98. The molecule has 1 atom stereocenters. The number of hydrogen-bond donors (Lipinski definition) is 1. The number of piperidine rings is 1. The average Bonchev–Trinajstić information content (AvgIpc) is 2.49. The summed E-state index contributed by atoms with van der Waals surface area (Å²) in [5.41, 5.74) is 0.987. The van der Waals surface area contributed by atoms with Crippen molar-refractivity contribution < 1.29 is 9.13 Å². The van der Waals surface area contributed by atoms with E-state index in [-0.39, 0.29) is 10.8 Å². The summed E-state index contributed by atoms with van der Waals surface area (Å²) in [6.07, 6.45) is 3.67. The molecular weight excluding hydrogens is 291 g/mol. The van der Waals surface area contributed by atoms with Crippen LogP contribution in [0.3, 0.4) is 0 Å². The van der Waals surface area contributed by atoms with Gasteiger partial charge in [-0.25, -0.2) is 4.39 Å². The van der Waals surface area contributed by atoms with Crippen LogP contribution in [0.1, 0.15) is 24.8 Å². The number of hydrogen-bond acceptors (Lipinski definition) is 3. The molecule has 0 amide bonds. The van der Waals surface area contributed by atoms with Crippen LogP contribution >= 0.6 is 11.6 Å². The minimum Gasteiger partial charge on any atom is -0.383 e. The van der Waals surface area contributed by atoms with Crippen molar-refractivity contribution in [2.75, 3.05) is 33.4 Å². The van der Waals surface area contributed by atoms with Crippen LogP contribution in [0.5, 0.6) is 0 Å². The molecular formula is C16H24ClFN2O. The lowest BCUT2D eigenvalue weighted by atomic mass is 10.0. The van der Waals surface area contributed by atoms with Crippen LogP contribution in [-0.4, -0.2) is 44.3 Å². The average molecular weight is 315 g/mol. The molecule has 3 nitrogen and oxygen atoms in total. The Morgan fingerprint density at radius 3 is 3.05 bits per heavy atom. The number of likely N-dealkylation sites (tertiary alicyclic amines) is 1. The van der Waals surface area contributed by atoms with Gasteiger partial charge in [-0.1, -0.05) is 24.1 Å². The van der Waals surface area contributed by atoms with Gasteiger partial charge in [0.15, 0.2) is 0 Å². The van der Waals surface area contributed by atoms with Crippen molar-refractivity contribution >= 4 is 11.6 Å². The first-order valence-electron chi connectivity index (χ1n) is 7.58. The Hall–Kier alpha value is -0.680. The van der Waals surface area contributed by atoms with Crippen molar-refractivity contribution in [3.8, 4) is 0 Å². The van der Waals surface area contributed by atoms with E-state index in [1.54, 1.807) is 19.2 Å². The number of benzene rings is 1. The van der Waals surface area contributed by atoms with Crippen molar-refractivity contribution in [3.63, 3.8) is 0 Å². The Morgan fingerprint density at radius 2 is 2.29 bits per heavy atom. The molecule has 1 heterocycles. The third kappa shape index (κ3) is 5.22. The lowest BCUT2D eigenvalue weighted by molar-refractivity contribution is 0.133. The third-order valence-corrected chi connectivity index (χ3v) is 4.29. The van der Waals surface area contributed by atoms with E-state index in [0.717, 1.165) is 38.3 Å². The maximum Gasteiger partial charge on any atom is 0.142 e. The molecule has 0 bridgehead atoms. The van der Waals surface area contributed by atoms with Crippen LogP contribution in [-0.2, 0) is 11.3 Å². The van der Waals surface area contributed by atoms with Crippen molar-refractivity contribution in [2.24, 2.45) is 0 Å². The summed E-state index contributed by atoms with van der Waals surface area (Å²) in [7, 11) is 1.71. The second kappa shape index (κ2) is 8.69. The lowest BCUT2D eigenvalue weighted by Gasteiger charge is -2.36. The molecule has 0 aromatic heterocycles. The molecule has 1 aliphatic rings. The van der Waals surface area contributed by atoms with Crippen molar-refractivity contribution in [1.29, 1.82) is 0 Å². The second-order valence-corrected chi connectivity index (χ2v) is 5.97. The Morgan fingerprint density at radius 1 is 1.43 bits per heavy atom. The zero-order valence-corrected chi connectivity index (χ0v) is 13.3. The first kappa shape index (κ1) is 16.7. The highest BCUT2D eigenvalue weighted by atomic mass is 35.5. The van der Waals surface area contributed by atoms with Gasteiger partial charge in [-0.3, -0.25) is 4.90 Å². The predicted molar refractivity (Wildman–Crippen MR) is 84.2 cm³/mol. The maximum atomic E-state index is 13.5. The highest BCUT2D eigenvalue weighted by Crippen LogP contribution is 2.21. The van der Waals surface area contributed by atoms with Gasteiger partial charge in [-0.05, 0) is 37.1 Å². The van der Waals surface area contributed by atoms with Crippen LogP contribution in [0.15, 0.2) is 18.2 Å². The number of rotatable bonds is 7. The van der Waals surface area contributed by atoms with Crippen molar-refractivity contribution in [2.45, 2.75) is 31.8 Å². The Balaban J connectivity index is 1.90. The van der Waals surface area contributed by atoms with E-state index in [1.807, 2.05) is 6.07 Å². The Labute approximate surface area is 131 Å². The van der Waals surface area contributed by atoms with Crippen LogP contribution < -0.4 is 5.32 Å². The van der Waals surface area contributed by atoms with Crippen molar-refractivity contribution in [3.05, 3.63) is 34.6 Å². The minimum absolute atomic E-state index is 0.190. The van der Waals surface area contributed by atoms with Gasteiger partial charge in [0, 0.05) is 32.8 Å². The van der Waals surface area contributed by atoms with E-state index in [0.29, 0.717) is 6.04 Å². The van der Waals surface area contributed by atoms with E-state index in [2.05, 4.69) is 10.2 Å². The van der Waals surface area contributed by atoms with E-state index in [4.69, 9.17) is 16.3 Å². The smallest absolute Gasteiger partial charge is 0.142 e. The summed E-state index contributed by atoms with van der Waals surface area (Å²) >= 11 is 5.74. The lowest BCUT2D eigenvalue weighted by Crippen LogP contribution is -2.45. The van der Waals surface area contributed by atoms with E-state index in [1.165, 1.54) is 19.3 Å². The highest BCUT2D eigenvalue weighted by molar-refractivity contribution is 6.30.